The van der Waals surface area contributed by atoms with Crippen LogP contribution in [-0.4, -0.2) is 0 Å². The van der Waals surface area contributed by atoms with Crippen molar-refractivity contribution in [3.8, 4) is 0 Å². The van der Waals surface area contributed by atoms with Crippen molar-refractivity contribution < 1.29 is 0 Å². The van der Waals surface area contributed by atoms with Crippen LogP contribution in [0.4, 0.5) is 0 Å². The summed E-state index contributed by atoms with van der Waals surface area (Å²) in [5.74, 6) is 3.40. The molecule has 2 aliphatic carbocycles. The maximum atomic E-state index is 4.33. The normalized spacial score (nSPS) is 36.9. The molecule has 2 saturated carbocycles. The number of hydrogen-bond donors (Lipinski definition) is 0. The van der Waals surface area contributed by atoms with E-state index in [2.05, 4.69) is 27.0 Å². The Bertz CT molecular complexity index is 272. The van der Waals surface area contributed by atoms with Crippen LogP contribution in [0.2, 0.25) is 0 Å². The second-order valence-electron chi connectivity index (χ2n) is 5.96. The van der Waals surface area contributed by atoms with Crippen molar-refractivity contribution in [3.63, 3.8) is 0 Å². The van der Waals surface area contributed by atoms with E-state index in [-0.39, 0.29) is 0 Å². The van der Waals surface area contributed by atoms with Gasteiger partial charge in [0.05, 0.1) is 0 Å². The third kappa shape index (κ3) is 2.19. The fraction of sp³-hybridized carbons (Fsp3) is 0.733. The molecule has 0 heterocycles. The van der Waals surface area contributed by atoms with Gasteiger partial charge in [-0.05, 0) is 55.8 Å². The van der Waals surface area contributed by atoms with Crippen LogP contribution in [-0.2, 0) is 0 Å². The van der Waals surface area contributed by atoms with Crippen LogP contribution in [0.1, 0.15) is 46.0 Å². The average molecular weight is 204 g/mol. The SMILES string of the molecule is C=C1CCC2C(=C)CC(C(C)C)CC2C1. The van der Waals surface area contributed by atoms with Crippen LogP contribution in [0.25, 0.3) is 0 Å². The summed E-state index contributed by atoms with van der Waals surface area (Å²) in [6, 6.07) is 0. The van der Waals surface area contributed by atoms with Crippen molar-refractivity contribution >= 4 is 0 Å². The first-order chi connectivity index (χ1) is 7.08. The second kappa shape index (κ2) is 4.15. The monoisotopic (exact) mass is 204 g/mol. The number of fused-ring (bicyclic) bond motifs is 1. The minimum absolute atomic E-state index is 0.817. The Balaban J connectivity index is 2.08. The molecule has 0 N–H and O–H groups in total. The van der Waals surface area contributed by atoms with Crippen molar-refractivity contribution in [2.45, 2.75) is 46.0 Å². The minimum Gasteiger partial charge on any atom is -0.0999 e. The van der Waals surface area contributed by atoms with E-state index in [1.54, 1.807) is 0 Å². The van der Waals surface area contributed by atoms with Crippen LogP contribution < -0.4 is 0 Å². The maximum Gasteiger partial charge on any atom is -0.0171 e. The molecule has 15 heavy (non-hydrogen) atoms. The van der Waals surface area contributed by atoms with E-state index in [4.69, 9.17) is 0 Å². The summed E-state index contributed by atoms with van der Waals surface area (Å²) in [6.45, 7) is 13.2. The van der Waals surface area contributed by atoms with Gasteiger partial charge in [0.2, 0.25) is 0 Å². The zero-order chi connectivity index (χ0) is 11.0. The lowest BCUT2D eigenvalue weighted by Gasteiger charge is -2.42. The van der Waals surface area contributed by atoms with E-state index in [9.17, 15) is 0 Å². The second-order valence-corrected chi connectivity index (χ2v) is 5.96. The summed E-state index contributed by atoms with van der Waals surface area (Å²) in [6.07, 6.45) is 6.54. The molecule has 0 nitrogen and oxygen atoms in total. The van der Waals surface area contributed by atoms with Gasteiger partial charge in [-0.25, -0.2) is 0 Å². The number of hydrogen-bond acceptors (Lipinski definition) is 0. The Morgan fingerprint density at radius 3 is 2.60 bits per heavy atom. The first kappa shape index (κ1) is 11.0. The van der Waals surface area contributed by atoms with Crippen LogP contribution in [0.3, 0.4) is 0 Å². The molecule has 0 spiro atoms. The molecular formula is C15H24. The van der Waals surface area contributed by atoms with Gasteiger partial charge in [-0.1, -0.05) is 38.2 Å². The highest BCUT2D eigenvalue weighted by molar-refractivity contribution is 5.15. The number of allylic oxidation sites excluding steroid dienone is 2. The molecular weight excluding hydrogens is 180 g/mol. The summed E-state index contributed by atoms with van der Waals surface area (Å²) in [4.78, 5) is 0. The molecule has 2 aliphatic rings. The van der Waals surface area contributed by atoms with Crippen LogP contribution in [0.15, 0.2) is 24.3 Å². The van der Waals surface area contributed by atoms with Gasteiger partial charge in [-0.3, -0.25) is 0 Å². The van der Waals surface area contributed by atoms with E-state index >= 15 is 0 Å². The van der Waals surface area contributed by atoms with Gasteiger partial charge in [-0.15, -0.1) is 0 Å². The van der Waals surface area contributed by atoms with Crippen LogP contribution >= 0.6 is 0 Å². The molecule has 0 aromatic carbocycles. The molecule has 0 saturated heterocycles. The Hall–Kier alpha value is -0.520. The van der Waals surface area contributed by atoms with Gasteiger partial charge in [-0.2, -0.15) is 0 Å². The fourth-order valence-corrected chi connectivity index (χ4v) is 3.46. The smallest absolute Gasteiger partial charge is 0.0171 e. The zero-order valence-corrected chi connectivity index (χ0v) is 10.3. The summed E-state index contributed by atoms with van der Waals surface area (Å²) in [5.41, 5.74) is 3.02. The van der Waals surface area contributed by atoms with Crippen molar-refractivity contribution in [1.82, 2.24) is 0 Å². The van der Waals surface area contributed by atoms with Gasteiger partial charge in [0.15, 0.2) is 0 Å². The lowest BCUT2D eigenvalue weighted by Crippen LogP contribution is -2.31. The fourth-order valence-electron chi connectivity index (χ4n) is 3.46. The van der Waals surface area contributed by atoms with E-state index in [1.807, 2.05) is 0 Å². The van der Waals surface area contributed by atoms with Crippen LogP contribution in [0.5, 0.6) is 0 Å². The van der Waals surface area contributed by atoms with E-state index in [0.29, 0.717) is 0 Å². The summed E-state index contributed by atoms with van der Waals surface area (Å²) in [5, 5.41) is 0. The Morgan fingerprint density at radius 1 is 1.20 bits per heavy atom. The predicted octanol–water partition coefficient (Wildman–Crippen LogP) is 4.58. The van der Waals surface area contributed by atoms with Crippen molar-refractivity contribution in [1.29, 1.82) is 0 Å². The van der Waals surface area contributed by atoms with Crippen LogP contribution in [0, 0.1) is 23.7 Å². The Kier molecular flexibility index (Phi) is 3.04. The number of rotatable bonds is 1. The zero-order valence-electron chi connectivity index (χ0n) is 10.3. The molecule has 0 amide bonds. The summed E-state index contributed by atoms with van der Waals surface area (Å²) >= 11 is 0. The van der Waals surface area contributed by atoms with Gasteiger partial charge < -0.3 is 0 Å². The Morgan fingerprint density at radius 2 is 1.93 bits per heavy atom. The van der Waals surface area contributed by atoms with Gasteiger partial charge >= 0.3 is 0 Å². The summed E-state index contributed by atoms with van der Waals surface area (Å²) < 4.78 is 0. The van der Waals surface area contributed by atoms with Crippen molar-refractivity contribution in [2.24, 2.45) is 23.7 Å². The van der Waals surface area contributed by atoms with Crippen molar-refractivity contribution in [3.05, 3.63) is 24.3 Å². The molecule has 3 unspecified atom stereocenters. The highest BCUT2D eigenvalue weighted by Gasteiger charge is 2.36. The molecule has 0 aliphatic heterocycles. The highest BCUT2D eigenvalue weighted by Crippen LogP contribution is 2.47. The van der Waals surface area contributed by atoms with Gasteiger partial charge in [0.25, 0.3) is 0 Å². The largest absolute Gasteiger partial charge is 0.0999 e. The lowest BCUT2D eigenvalue weighted by atomic mass is 9.63. The van der Waals surface area contributed by atoms with Crippen molar-refractivity contribution in [2.75, 3.05) is 0 Å². The predicted molar refractivity (Wildman–Crippen MR) is 66.7 cm³/mol. The molecule has 0 aromatic heterocycles. The molecule has 0 heteroatoms. The molecule has 84 valence electrons. The molecule has 2 rings (SSSR count). The molecule has 0 bridgehead atoms. The molecule has 0 aromatic rings. The maximum absolute atomic E-state index is 4.33. The van der Waals surface area contributed by atoms with Gasteiger partial charge in [0.1, 0.15) is 0 Å². The first-order valence-corrected chi connectivity index (χ1v) is 6.42. The van der Waals surface area contributed by atoms with Gasteiger partial charge in [0, 0.05) is 0 Å². The standard InChI is InChI=1S/C15H24/c1-10(2)13-8-12(4)15-6-5-11(3)7-14(15)9-13/h10,13-15H,3-9H2,1-2H3. The summed E-state index contributed by atoms with van der Waals surface area (Å²) in [7, 11) is 0. The Labute approximate surface area is 94.5 Å². The quantitative estimate of drug-likeness (QED) is 0.548. The average Bonchev–Trinajstić information content (AvgIpc) is 2.16. The molecule has 0 radical (unpaired) electrons. The lowest BCUT2D eigenvalue weighted by molar-refractivity contribution is 0.177. The molecule has 2 fully saturated rings. The first-order valence-electron chi connectivity index (χ1n) is 6.42. The third-order valence-corrected chi connectivity index (χ3v) is 4.53. The van der Waals surface area contributed by atoms with E-state index in [0.717, 1.165) is 23.7 Å². The minimum atomic E-state index is 0.817. The van der Waals surface area contributed by atoms with E-state index in [1.165, 1.54) is 43.3 Å². The molecule has 3 atom stereocenters. The third-order valence-electron chi connectivity index (χ3n) is 4.53. The highest BCUT2D eigenvalue weighted by atomic mass is 14.4. The topological polar surface area (TPSA) is 0 Å². The van der Waals surface area contributed by atoms with E-state index < -0.39 is 0 Å².